The van der Waals surface area contributed by atoms with E-state index < -0.39 is 0 Å². The Morgan fingerprint density at radius 2 is 1.43 bits per heavy atom. The van der Waals surface area contributed by atoms with E-state index >= 15 is 0 Å². The normalized spacial score (nSPS) is 14.8. The molecular weight excluding hydrogens is 260 g/mol. The molecule has 0 aliphatic heterocycles. The largest absolute Gasteiger partial charge is 0.497 e. The lowest BCUT2D eigenvalue weighted by molar-refractivity contribution is 0.140. The number of rotatable bonds is 8. The molecule has 1 aromatic rings. The summed E-state index contributed by atoms with van der Waals surface area (Å²) in [5.74, 6) is 2.15. The molecule has 120 valence electrons. The third kappa shape index (κ3) is 5.68. The van der Waals surface area contributed by atoms with Crippen molar-refractivity contribution in [1.82, 2.24) is 4.90 Å². The van der Waals surface area contributed by atoms with E-state index in [-0.39, 0.29) is 12.1 Å². The van der Waals surface area contributed by atoms with Gasteiger partial charge in [0.25, 0.3) is 0 Å². The fourth-order valence-electron chi connectivity index (χ4n) is 2.89. The van der Waals surface area contributed by atoms with E-state index in [0.717, 1.165) is 18.8 Å². The zero-order valence-electron chi connectivity index (χ0n) is 14.5. The van der Waals surface area contributed by atoms with Gasteiger partial charge in [-0.05, 0) is 36.5 Å². The molecule has 1 rings (SSSR count). The van der Waals surface area contributed by atoms with Crippen LogP contribution in [0.2, 0.25) is 0 Å². The van der Waals surface area contributed by atoms with Gasteiger partial charge in [0.05, 0.1) is 7.11 Å². The molecule has 0 aliphatic carbocycles. The Hall–Kier alpha value is -1.06. The van der Waals surface area contributed by atoms with Gasteiger partial charge in [-0.3, -0.25) is 4.90 Å². The van der Waals surface area contributed by atoms with Crippen LogP contribution in [0.15, 0.2) is 24.3 Å². The number of hydrogen-bond donors (Lipinski definition) is 1. The Bertz CT molecular complexity index is 388. The van der Waals surface area contributed by atoms with Gasteiger partial charge in [0, 0.05) is 25.2 Å². The van der Waals surface area contributed by atoms with Crippen molar-refractivity contribution in [2.75, 3.05) is 20.2 Å². The quantitative estimate of drug-likeness (QED) is 0.794. The van der Waals surface area contributed by atoms with Crippen LogP contribution in [0.1, 0.15) is 46.2 Å². The minimum Gasteiger partial charge on any atom is -0.497 e. The summed E-state index contributed by atoms with van der Waals surface area (Å²) in [5.41, 5.74) is 7.59. The van der Waals surface area contributed by atoms with Crippen molar-refractivity contribution < 1.29 is 4.74 Å². The maximum absolute atomic E-state index is 6.32. The molecule has 2 N–H and O–H groups in total. The second-order valence-corrected chi connectivity index (χ2v) is 6.82. The van der Waals surface area contributed by atoms with Crippen LogP contribution in [0.5, 0.6) is 5.75 Å². The highest BCUT2D eigenvalue weighted by molar-refractivity contribution is 5.30. The number of hydrogen-bond acceptors (Lipinski definition) is 3. The zero-order chi connectivity index (χ0) is 16.0. The summed E-state index contributed by atoms with van der Waals surface area (Å²) in [6, 6.07) is 8.67. The second kappa shape index (κ2) is 8.40. The second-order valence-electron chi connectivity index (χ2n) is 6.82. The Balaban J connectivity index is 3.03. The van der Waals surface area contributed by atoms with Crippen molar-refractivity contribution in [3.63, 3.8) is 0 Å². The molecule has 3 nitrogen and oxygen atoms in total. The molecule has 0 amide bonds. The average molecular weight is 292 g/mol. The minimum atomic E-state index is 0.0934. The lowest BCUT2D eigenvalue weighted by Gasteiger charge is -2.37. The molecule has 0 aromatic heterocycles. The number of benzene rings is 1. The highest BCUT2D eigenvalue weighted by Gasteiger charge is 2.25. The molecule has 2 atom stereocenters. The fraction of sp³-hybridized carbons (Fsp3) is 0.667. The number of ether oxygens (including phenoxy) is 1. The first-order chi connectivity index (χ1) is 9.85. The van der Waals surface area contributed by atoms with Gasteiger partial charge in [0.2, 0.25) is 0 Å². The highest BCUT2D eigenvalue weighted by atomic mass is 16.5. The van der Waals surface area contributed by atoms with Crippen molar-refractivity contribution in [1.29, 1.82) is 0 Å². The van der Waals surface area contributed by atoms with Gasteiger partial charge in [-0.1, -0.05) is 39.8 Å². The van der Waals surface area contributed by atoms with Crippen molar-refractivity contribution in [3.05, 3.63) is 29.8 Å². The maximum atomic E-state index is 6.32. The molecular formula is C18H32N2O. The predicted molar refractivity (Wildman–Crippen MR) is 90.6 cm³/mol. The van der Waals surface area contributed by atoms with Crippen molar-refractivity contribution in [2.45, 2.75) is 46.7 Å². The lowest BCUT2D eigenvalue weighted by atomic mass is 9.96. The van der Waals surface area contributed by atoms with Crippen LogP contribution in [-0.2, 0) is 0 Å². The van der Waals surface area contributed by atoms with Crippen LogP contribution in [0.25, 0.3) is 0 Å². The molecule has 0 bridgehead atoms. The average Bonchev–Trinajstić information content (AvgIpc) is 2.37. The molecule has 0 saturated carbocycles. The van der Waals surface area contributed by atoms with Gasteiger partial charge in [-0.15, -0.1) is 0 Å². The first-order valence-corrected chi connectivity index (χ1v) is 7.98. The summed E-state index contributed by atoms with van der Waals surface area (Å²) in [5, 5.41) is 0. The van der Waals surface area contributed by atoms with E-state index in [9.17, 15) is 0 Å². The minimum absolute atomic E-state index is 0.0934. The summed E-state index contributed by atoms with van der Waals surface area (Å²) in [4.78, 5) is 2.53. The van der Waals surface area contributed by atoms with E-state index in [2.05, 4.69) is 51.7 Å². The van der Waals surface area contributed by atoms with Crippen LogP contribution in [-0.4, -0.2) is 31.1 Å². The standard InChI is InChI=1S/C18H32N2O/c1-13(2)11-20(12-14(3)4)18(15(5)19)16-7-9-17(21-6)10-8-16/h7-10,13-15,18H,11-12,19H2,1-6H3. The number of nitrogens with two attached hydrogens (primary N) is 1. The van der Waals surface area contributed by atoms with Gasteiger partial charge in [-0.25, -0.2) is 0 Å². The first-order valence-electron chi connectivity index (χ1n) is 7.98. The number of methoxy groups -OCH3 is 1. The molecule has 2 unspecified atom stereocenters. The summed E-state index contributed by atoms with van der Waals surface area (Å²) in [6.07, 6.45) is 0. The van der Waals surface area contributed by atoms with Crippen LogP contribution in [0, 0.1) is 11.8 Å². The SMILES string of the molecule is COc1ccc(C(C(C)N)N(CC(C)C)CC(C)C)cc1. The maximum Gasteiger partial charge on any atom is 0.118 e. The Morgan fingerprint density at radius 3 is 1.76 bits per heavy atom. The molecule has 0 spiro atoms. The van der Waals surface area contributed by atoms with Crippen LogP contribution >= 0.6 is 0 Å². The van der Waals surface area contributed by atoms with E-state index in [1.54, 1.807) is 7.11 Å². The van der Waals surface area contributed by atoms with E-state index in [4.69, 9.17) is 10.5 Å². The first kappa shape index (κ1) is 18.0. The van der Waals surface area contributed by atoms with E-state index in [1.165, 1.54) is 5.56 Å². The third-order valence-corrected chi connectivity index (χ3v) is 3.55. The van der Waals surface area contributed by atoms with Gasteiger partial charge in [0.1, 0.15) is 5.75 Å². The molecule has 0 fully saturated rings. The van der Waals surface area contributed by atoms with Crippen molar-refractivity contribution >= 4 is 0 Å². The molecule has 1 aromatic carbocycles. The molecule has 21 heavy (non-hydrogen) atoms. The van der Waals surface area contributed by atoms with Gasteiger partial charge >= 0.3 is 0 Å². The smallest absolute Gasteiger partial charge is 0.118 e. The molecule has 0 saturated heterocycles. The molecule has 0 aliphatic rings. The summed E-state index contributed by atoms with van der Waals surface area (Å²) >= 11 is 0. The van der Waals surface area contributed by atoms with Crippen molar-refractivity contribution in [3.8, 4) is 5.75 Å². The van der Waals surface area contributed by atoms with Crippen LogP contribution in [0.4, 0.5) is 0 Å². The zero-order valence-corrected chi connectivity index (χ0v) is 14.5. The van der Waals surface area contributed by atoms with Gasteiger partial charge in [-0.2, -0.15) is 0 Å². The Morgan fingerprint density at radius 1 is 0.952 bits per heavy atom. The lowest BCUT2D eigenvalue weighted by Crippen LogP contribution is -2.43. The molecule has 3 heteroatoms. The van der Waals surface area contributed by atoms with Crippen LogP contribution < -0.4 is 10.5 Å². The topological polar surface area (TPSA) is 38.5 Å². The predicted octanol–water partition coefficient (Wildman–Crippen LogP) is 3.70. The van der Waals surface area contributed by atoms with Gasteiger partial charge in [0.15, 0.2) is 0 Å². The Kier molecular flexibility index (Phi) is 7.20. The number of nitrogens with zero attached hydrogens (tertiary/aromatic N) is 1. The van der Waals surface area contributed by atoms with Crippen LogP contribution in [0.3, 0.4) is 0 Å². The summed E-state index contributed by atoms with van der Waals surface area (Å²) < 4.78 is 5.25. The molecule has 0 radical (unpaired) electrons. The van der Waals surface area contributed by atoms with Crippen molar-refractivity contribution in [2.24, 2.45) is 17.6 Å². The fourth-order valence-corrected chi connectivity index (χ4v) is 2.89. The highest BCUT2D eigenvalue weighted by Crippen LogP contribution is 2.27. The van der Waals surface area contributed by atoms with E-state index in [0.29, 0.717) is 11.8 Å². The van der Waals surface area contributed by atoms with E-state index in [1.807, 2.05) is 12.1 Å². The third-order valence-electron chi connectivity index (χ3n) is 3.55. The molecule has 0 heterocycles. The Labute approximate surface area is 130 Å². The van der Waals surface area contributed by atoms with Gasteiger partial charge < -0.3 is 10.5 Å². The summed E-state index contributed by atoms with van der Waals surface area (Å²) in [7, 11) is 1.70. The summed E-state index contributed by atoms with van der Waals surface area (Å²) in [6.45, 7) is 13.3. The monoisotopic (exact) mass is 292 g/mol.